The highest BCUT2D eigenvalue weighted by atomic mass is 19.1. The number of carbonyl (C=O) groups excluding carboxylic acids is 4. The van der Waals surface area contributed by atoms with Gasteiger partial charge in [0.25, 0.3) is 5.91 Å². The number of ether oxygens (including phenoxy) is 1. The number of hydrogen-bond donors (Lipinski definition) is 5. The van der Waals surface area contributed by atoms with Gasteiger partial charge in [0.05, 0.1) is 6.04 Å². The van der Waals surface area contributed by atoms with Crippen LogP contribution in [0.2, 0.25) is 0 Å². The molecule has 6 N–H and O–H groups in total. The Morgan fingerprint density at radius 1 is 1.15 bits per heavy atom. The standard InChI is InChI=1S/C27H34FN7O5/c28-15-22(36)20(10-5-13-32-26(29)30)33-24(37)21-11-6-14-35(21)25(38)23(19-9-4-12-31-16-19)34-27(39)40-17-18-7-2-1-3-8-18/h1-4,7-9,12,16,20-21,23H,5-6,10-11,13-15,17H2,(H,33,37)(H,34,39)(H4,29,30,32)/t20-,21-,23+/m0/s1. The number of aromatic nitrogens is 1. The van der Waals surface area contributed by atoms with Crippen molar-refractivity contribution in [3.8, 4) is 0 Å². The van der Waals surface area contributed by atoms with Crippen molar-refractivity contribution in [1.29, 1.82) is 5.41 Å². The number of pyridine rings is 1. The first-order valence-corrected chi connectivity index (χ1v) is 12.9. The van der Waals surface area contributed by atoms with Gasteiger partial charge in [-0.25, -0.2) is 9.18 Å². The fourth-order valence-corrected chi connectivity index (χ4v) is 4.39. The summed E-state index contributed by atoms with van der Waals surface area (Å²) in [6, 6.07) is 9.12. The largest absolute Gasteiger partial charge is 0.445 e. The van der Waals surface area contributed by atoms with Gasteiger partial charge in [-0.05, 0) is 37.3 Å². The molecule has 3 amide bonds. The second kappa shape index (κ2) is 15.1. The third kappa shape index (κ3) is 8.75. The third-order valence-electron chi connectivity index (χ3n) is 6.40. The summed E-state index contributed by atoms with van der Waals surface area (Å²) in [6.07, 6.45) is 3.48. The van der Waals surface area contributed by atoms with Gasteiger partial charge in [-0.3, -0.25) is 24.8 Å². The summed E-state index contributed by atoms with van der Waals surface area (Å²) in [7, 11) is 0. The van der Waals surface area contributed by atoms with Gasteiger partial charge >= 0.3 is 6.09 Å². The molecule has 2 aromatic rings. The zero-order chi connectivity index (χ0) is 28.9. The number of carbonyl (C=O) groups is 4. The van der Waals surface area contributed by atoms with Gasteiger partial charge in [0, 0.05) is 31.0 Å². The minimum absolute atomic E-state index is 0.00128. The van der Waals surface area contributed by atoms with Gasteiger partial charge in [-0.15, -0.1) is 0 Å². The summed E-state index contributed by atoms with van der Waals surface area (Å²) in [6.45, 7) is -0.732. The minimum atomic E-state index is -1.25. The van der Waals surface area contributed by atoms with E-state index >= 15 is 0 Å². The molecule has 1 aromatic heterocycles. The maximum Gasteiger partial charge on any atom is 0.408 e. The molecule has 0 radical (unpaired) electrons. The van der Waals surface area contributed by atoms with Gasteiger partial charge in [0.2, 0.25) is 5.91 Å². The molecule has 0 saturated carbocycles. The van der Waals surface area contributed by atoms with E-state index in [4.69, 9.17) is 15.9 Å². The van der Waals surface area contributed by atoms with E-state index in [9.17, 15) is 23.6 Å². The predicted octanol–water partition coefficient (Wildman–Crippen LogP) is 1.33. The molecule has 0 spiro atoms. The molecular formula is C27H34FN7O5. The van der Waals surface area contributed by atoms with Crippen LogP contribution in [-0.2, 0) is 25.7 Å². The lowest BCUT2D eigenvalue weighted by Crippen LogP contribution is -2.53. The average Bonchev–Trinajstić information content (AvgIpc) is 3.47. The van der Waals surface area contributed by atoms with Crippen molar-refractivity contribution < 1.29 is 28.3 Å². The molecule has 40 heavy (non-hydrogen) atoms. The summed E-state index contributed by atoms with van der Waals surface area (Å²) in [5.41, 5.74) is 6.41. The Balaban J connectivity index is 1.69. The number of nitrogens with zero attached hydrogens (tertiary/aromatic N) is 2. The van der Waals surface area contributed by atoms with E-state index in [0.717, 1.165) is 5.56 Å². The van der Waals surface area contributed by atoms with E-state index in [2.05, 4.69) is 20.9 Å². The van der Waals surface area contributed by atoms with Gasteiger partial charge in [0.15, 0.2) is 11.7 Å². The Morgan fingerprint density at radius 3 is 2.60 bits per heavy atom. The highest BCUT2D eigenvalue weighted by Crippen LogP contribution is 2.24. The summed E-state index contributed by atoms with van der Waals surface area (Å²) in [5.74, 6) is -2.16. The topological polar surface area (TPSA) is 180 Å². The van der Waals surface area contributed by atoms with Crippen LogP contribution in [0.4, 0.5) is 9.18 Å². The normalized spacial score (nSPS) is 15.9. The Hall–Kier alpha value is -4.55. The highest BCUT2D eigenvalue weighted by Gasteiger charge is 2.39. The summed E-state index contributed by atoms with van der Waals surface area (Å²) >= 11 is 0. The number of hydrogen-bond acceptors (Lipinski definition) is 7. The molecule has 3 rings (SSSR count). The number of alkyl halides is 1. The third-order valence-corrected chi connectivity index (χ3v) is 6.40. The summed E-state index contributed by atoms with van der Waals surface area (Å²) in [4.78, 5) is 57.1. The number of nitrogens with two attached hydrogens (primary N) is 1. The van der Waals surface area contributed by atoms with Crippen molar-refractivity contribution in [2.45, 2.75) is 50.4 Å². The van der Waals surface area contributed by atoms with Gasteiger partial charge in [-0.2, -0.15) is 0 Å². The van der Waals surface area contributed by atoms with Crippen molar-refractivity contribution in [1.82, 2.24) is 25.8 Å². The van der Waals surface area contributed by atoms with Crippen LogP contribution in [0.5, 0.6) is 0 Å². The van der Waals surface area contributed by atoms with Crippen molar-refractivity contribution in [3.05, 3.63) is 66.0 Å². The maximum atomic E-state index is 13.7. The van der Waals surface area contributed by atoms with Crippen LogP contribution in [0.15, 0.2) is 54.9 Å². The molecule has 1 fully saturated rings. The zero-order valence-electron chi connectivity index (χ0n) is 22.0. The van der Waals surface area contributed by atoms with Crippen LogP contribution in [0, 0.1) is 5.41 Å². The lowest BCUT2D eigenvalue weighted by Gasteiger charge is -2.29. The van der Waals surface area contributed by atoms with Crippen LogP contribution >= 0.6 is 0 Å². The Bertz CT molecular complexity index is 1170. The Kier molecular flexibility index (Phi) is 11.4. The van der Waals surface area contributed by atoms with Gasteiger partial charge in [0.1, 0.15) is 25.4 Å². The van der Waals surface area contributed by atoms with Crippen molar-refractivity contribution in [3.63, 3.8) is 0 Å². The van der Waals surface area contributed by atoms with Gasteiger partial charge in [-0.1, -0.05) is 36.4 Å². The van der Waals surface area contributed by atoms with Gasteiger partial charge < -0.3 is 31.3 Å². The van der Waals surface area contributed by atoms with E-state index in [1.807, 2.05) is 18.2 Å². The minimum Gasteiger partial charge on any atom is -0.445 e. The van der Waals surface area contributed by atoms with Crippen LogP contribution < -0.4 is 21.7 Å². The quantitative estimate of drug-likeness (QED) is 0.139. The maximum absolute atomic E-state index is 13.7. The molecule has 1 saturated heterocycles. The fourth-order valence-electron chi connectivity index (χ4n) is 4.39. The molecule has 0 bridgehead atoms. The first kappa shape index (κ1) is 30.0. The highest BCUT2D eigenvalue weighted by molar-refractivity contribution is 5.95. The van der Waals surface area contributed by atoms with Crippen LogP contribution in [-0.4, -0.2) is 71.4 Å². The molecule has 12 nitrogen and oxygen atoms in total. The Labute approximate surface area is 231 Å². The fraction of sp³-hybridized carbons (Fsp3) is 0.407. The molecule has 2 heterocycles. The number of ketones is 1. The van der Waals surface area contributed by atoms with Crippen molar-refractivity contribution >= 4 is 29.7 Å². The number of benzene rings is 1. The van der Waals surface area contributed by atoms with Crippen LogP contribution in [0.3, 0.4) is 0 Å². The first-order chi connectivity index (χ1) is 19.3. The molecule has 0 aliphatic carbocycles. The average molecular weight is 556 g/mol. The van der Waals surface area contributed by atoms with E-state index < -0.39 is 48.5 Å². The number of nitrogens with one attached hydrogen (secondary N) is 4. The molecule has 3 atom stereocenters. The lowest BCUT2D eigenvalue weighted by molar-refractivity contribution is -0.141. The number of Topliss-reactive ketones (excluding diaryl/α,β-unsaturated/α-hetero) is 1. The SMILES string of the molecule is N=C(N)NCCC[C@H](NC(=O)[C@@H]1CCCN1C(=O)[C@H](NC(=O)OCc1ccccc1)c1cccnc1)C(=O)CF. The number of guanidine groups is 1. The molecule has 13 heteroatoms. The number of amides is 3. The predicted molar refractivity (Wildman–Crippen MR) is 144 cm³/mol. The monoisotopic (exact) mass is 555 g/mol. The second-order valence-corrected chi connectivity index (χ2v) is 9.26. The van der Waals surface area contributed by atoms with Crippen molar-refractivity contribution in [2.24, 2.45) is 5.73 Å². The first-order valence-electron chi connectivity index (χ1n) is 12.9. The van der Waals surface area contributed by atoms with E-state index in [1.165, 1.54) is 17.3 Å². The van der Waals surface area contributed by atoms with Crippen LogP contribution in [0.1, 0.15) is 42.9 Å². The second-order valence-electron chi connectivity index (χ2n) is 9.26. The lowest BCUT2D eigenvalue weighted by atomic mass is 10.0. The van der Waals surface area contributed by atoms with E-state index in [0.29, 0.717) is 24.8 Å². The van der Waals surface area contributed by atoms with Crippen LogP contribution in [0.25, 0.3) is 0 Å². The number of halogens is 1. The molecule has 1 aliphatic heterocycles. The molecule has 1 aromatic carbocycles. The summed E-state index contributed by atoms with van der Waals surface area (Å²) in [5, 5.41) is 14.9. The molecule has 214 valence electrons. The number of rotatable bonds is 13. The van der Waals surface area contributed by atoms with Crippen molar-refractivity contribution in [2.75, 3.05) is 19.8 Å². The summed E-state index contributed by atoms with van der Waals surface area (Å²) < 4.78 is 18.5. The molecule has 1 aliphatic rings. The van der Waals surface area contributed by atoms with E-state index in [1.54, 1.807) is 24.3 Å². The number of alkyl carbamates (subject to hydrolysis) is 1. The molecular weight excluding hydrogens is 521 g/mol. The molecule has 0 unspecified atom stereocenters. The smallest absolute Gasteiger partial charge is 0.408 e. The van der Waals surface area contributed by atoms with E-state index in [-0.39, 0.29) is 32.1 Å². The zero-order valence-corrected chi connectivity index (χ0v) is 22.0. The Morgan fingerprint density at radius 2 is 1.93 bits per heavy atom. The number of likely N-dealkylation sites (tertiary alicyclic amines) is 1.